The Morgan fingerprint density at radius 3 is 2.62 bits per heavy atom. The third kappa shape index (κ3) is 7.36. The largest absolute Gasteiger partial charge is 0.493 e. The van der Waals surface area contributed by atoms with Crippen molar-refractivity contribution in [1.29, 1.82) is 0 Å². The molecule has 0 N–H and O–H groups in total. The molecule has 0 amide bonds. The molecular formula is C20H32O. The minimum atomic E-state index is 0.569. The highest BCUT2D eigenvalue weighted by Crippen LogP contribution is 2.21. The van der Waals surface area contributed by atoms with E-state index in [9.17, 15) is 0 Å². The molecule has 0 radical (unpaired) electrons. The molecule has 0 saturated carbocycles. The van der Waals surface area contributed by atoms with E-state index < -0.39 is 0 Å². The van der Waals surface area contributed by atoms with Gasteiger partial charge in [-0.25, -0.2) is 0 Å². The smallest absolute Gasteiger partial charge is 0.119 e. The second kappa shape index (κ2) is 9.65. The summed E-state index contributed by atoms with van der Waals surface area (Å²) in [6, 6.07) is 6.49. The summed E-state index contributed by atoms with van der Waals surface area (Å²) in [5, 5.41) is 0. The van der Waals surface area contributed by atoms with E-state index in [0.717, 1.165) is 18.8 Å². The molecule has 1 nitrogen and oxygen atoms in total. The van der Waals surface area contributed by atoms with Crippen molar-refractivity contribution in [1.82, 2.24) is 0 Å². The van der Waals surface area contributed by atoms with Gasteiger partial charge in [-0.15, -0.1) is 0 Å². The van der Waals surface area contributed by atoms with Crippen LogP contribution in [0.1, 0.15) is 64.0 Å². The fourth-order valence-corrected chi connectivity index (χ4v) is 2.44. The molecule has 0 aliphatic heterocycles. The summed E-state index contributed by atoms with van der Waals surface area (Å²) in [6.07, 6.45) is 7.19. The second-order valence-corrected chi connectivity index (χ2v) is 6.50. The summed E-state index contributed by atoms with van der Waals surface area (Å²) < 4.78 is 5.83. The topological polar surface area (TPSA) is 9.23 Å². The Morgan fingerprint density at radius 2 is 1.95 bits per heavy atom. The zero-order valence-electron chi connectivity index (χ0n) is 14.4. The predicted octanol–water partition coefficient (Wildman–Crippen LogP) is 6.10. The first-order valence-corrected chi connectivity index (χ1v) is 8.42. The van der Waals surface area contributed by atoms with Gasteiger partial charge in [0.2, 0.25) is 0 Å². The minimum Gasteiger partial charge on any atom is -0.493 e. The summed E-state index contributed by atoms with van der Waals surface area (Å²) in [7, 11) is 0. The lowest BCUT2D eigenvalue weighted by Gasteiger charge is -2.12. The molecule has 0 aliphatic carbocycles. The Balaban J connectivity index is 2.43. The zero-order valence-corrected chi connectivity index (χ0v) is 14.4. The molecule has 0 bridgehead atoms. The molecule has 0 saturated heterocycles. The SMILES string of the molecule is C=C(CCC)CCCCc1cc(OCC(C)C)ccc1C. The Morgan fingerprint density at radius 1 is 1.19 bits per heavy atom. The molecule has 0 aromatic heterocycles. The van der Waals surface area contributed by atoms with Gasteiger partial charge in [-0.3, -0.25) is 0 Å². The molecule has 1 rings (SSSR count). The first-order valence-electron chi connectivity index (χ1n) is 8.42. The summed E-state index contributed by atoms with van der Waals surface area (Å²) in [5.41, 5.74) is 4.21. The highest BCUT2D eigenvalue weighted by molar-refractivity contribution is 5.35. The molecule has 1 aromatic rings. The van der Waals surface area contributed by atoms with Crippen LogP contribution in [-0.4, -0.2) is 6.61 Å². The van der Waals surface area contributed by atoms with Crippen molar-refractivity contribution in [2.24, 2.45) is 5.92 Å². The molecule has 0 atom stereocenters. The molecule has 1 heteroatoms. The van der Waals surface area contributed by atoms with Crippen LogP contribution in [0.3, 0.4) is 0 Å². The van der Waals surface area contributed by atoms with Crippen molar-refractivity contribution >= 4 is 0 Å². The van der Waals surface area contributed by atoms with E-state index in [-0.39, 0.29) is 0 Å². The summed E-state index contributed by atoms with van der Waals surface area (Å²) in [4.78, 5) is 0. The van der Waals surface area contributed by atoms with E-state index in [1.807, 2.05) is 0 Å². The molecule has 0 unspecified atom stereocenters. The van der Waals surface area contributed by atoms with E-state index in [0.29, 0.717) is 5.92 Å². The van der Waals surface area contributed by atoms with Gasteiger partial charge >= 0.3 is 0 Å². The van der Waals surface area contributed by atoms with E-state index in [4.69, 9.17) is 4.74 Å². The van der Waals surface area contributed by atoms with E-state index in [2.05, 4.69) is 52.5 Å². The van der Waals surface area contributed by atoms with Crippen LogP contribution in [0.15, 0.2) is 30.4 Å². The van der Waals surface area contributed by atoms with Crippen molar-refractivity contribution in [3.63, 3.8) is 0 Å². The molecule has 118 valence electrons. The maximum absolute atomic E-state index is 5.83. The van der Waals surface area contributed by atoms with Crippen LogP contribution >= 0.6 is 0 Å². The Kier molecular flexibility index (Phi) is 8.19. The number of allylic oxidation sites excluding steroid dienone is 1. The average molecular weight is 288 g/mol. The first-order chi connectivity index (χ1) is 10.0. The molecule has 0 aliphatic rings. The molecule has 21 heavy (non-hydrogen) atoms. The van der Waals surface area contributed by atoms with Gasteiger partial charge in [0.1, 0.15) is 5.75 Å². The first kappa shape index (κ1) is 17.8. The Hall–Kier alpha value is -1.24. The van der Waals surface area contributed by atoms with Crippen molar-refractivity contribution in [3.8, 4) is 5.75 Å². The van der Waals surface area contributed by atoms with Crippen LogP contribution in [0.2, 0.25) is 0 Å². The second-order valence-electron chi connectivity index (χ2n) is 6.50. The number of hydrogen-bond acceptors (Lipinski definition) is 1. The van der Waals surface area contributed by atoms with Crippen LogP contribution in [0, 0.1) is 12.8 Å². The van der Waals surface area contributed by atoms with Crippen molar-refractivity contribution < 1.29 is 4.74 Å². The number of hydrogen-bond donors (Lipinski definition) is 0. The molecule has 1 aromatic carbocycles. The maximum atomic E-state index is 5.83. The van der Waals surface area contributed by atoms with Gasteiger partial charge in [-0.2, -0.15) is 0 Å². The van der Waals surface area contributed by atoms with Gasteiger partial charge in [0.15, 0.2) is 0 Å². The number of benzene rings is 1. The molecular weight excluding hydrogens is 256 g/mol. The quantitative estimate of drug-likeness (QED) is 0.373. The Labute approximate surface area is 131 Å². The number of rotatable bonds is 10. The van der Waals surface area contributed by atoms with Gasteiger partial charge in [-0.1, -0.05) is 45.4 Å². The van der Waals surface area contributed by atoms with Gasteiger partial charge in [0.05, 0.1) is 6.61 Å². The summed E-state index contributed by atoms with van der Waals surface area (Å²) in [6.45, 7) is 13.7. The van der Waals surface area contributed by atoms with E-state index in [1.54, 1.807) is 0 Å². The van der Waals surface area contributed by atoms with Gasteiger partial charge in [0, 0.05) is 0 Å². The van der Waals surface area contributed by atoms with Crippen molar-refractivity contribution in [2.75, 3.05) is 6.61 Å². The zero-order chi connectivity index (χ0) is 15.7. The maximum Gasteiger partial charge on any atom is 0.119 e. The highest BCUT2D eigenvalue weighted by Gasteiger charge is 2.03. The average Bonchev–Trinajstić information content (AvgIpc) is 2.44. The van der Waals surface area contributed by atoms with Crippen LogP contribution in [0.5, 0.6) is 5.75 Å². The monoisotopic (exact) mass is 288 g/mol. The van der Waals surface area contributed by atoms with E-state index in [1.165, 1.54) is 48.8 Å². The summed E-state index contributed by atoms with van der Waals surface area (Å²) >= 11 is 0. The standard InChI is InChI=1S/C20H32O/c1-6-9-17(4)10-7-8-11-19-14-20(13-12-18(19)5)21-15-16(2)3/h12-14,16H,4,6-11,15H2,1-3,5H3. The van der Waals surface area contributed by atoms with Gasteiger partial charge < -0.3 is 4.74 Å². The Bertz CT molecular complexity index is 431. The minimum absolute atomic E-state index is 0.569. The van der Waals surface area contributed by atoms with Crippen LogP contribution in [0.4, 0.5) is 0 Å². The molecule has 0 spiro atoms. The lowest BCUT2D eigenvalue weighted by molar-refractivity contribution is 0.271. The third-order valence-electron chi connectivity index (χ3n) is 3.73. The molecule has 0 fully saturated rings. The lowest BCUT2D eigenvalue weighted by atomic mass is 9.99. The predicted molar refractivity (Wildman–Crippen MR) is 93.1 cm³/mol. The normalized spacial score (nSPS) is 10.9. The van der Waals surface area contributed by atoms with Crippen LogP contribution in [0.25, 0.3) is 0 Å². The van der Waals surface area contributed by atoms with Crippen LogP contribution in [-0.2, 0) is 6.42 Å². The highest BCUT2D eigenvalue weighted by atomic mass is 16.5. The van der Waals surface area contributed by atoms with Crippen LogP contribution < -0.4 is 4.74 Å². The van der Waals surface area contributed by atoms with E-state index >= 15 is 0 Å². The summed E-state index contributed by atoms with van der Waals surface area (Å²) in [5.74, 6) is 1.58. The third-order valence-corrected chi connectivity index (χ3v) is 3.73. The number of aryl methyl sites for hydroxylation is 2. The fraction of sp³-hybridized carbons (Fsp3) is 0.600. The van der Waals surface area contributed by atoms with Crippen molar-refractivity contribution in [3.05, 3.63) is 41.5 Å². The van der Waals surface area contributed by atoms with Gasteiger partial charge in [0.25, 0.3) is 0 Å². The fourth-order valence-electron chi connectivity index (χ4n) is 2.44. The van der Waals surface area contributed by atoms with Crippen molar-refractivity contribution in [2.45, 2.75) is 66.2 Å². The number of ether oxygens (including phenoxy) is 1. The number of unbranched alkanes of at least 4 members (excludes halogenated alkanes) is 1. The molecule has 0 heterocycles. The lowest BCUT2D eigenvalue weighted by Crippen LogP contribution is -2.05. The van der Waals surface area contributed by atoms with Gasteiger partial charge in [-0.05, 0) is 68.2 Å².